The normalized spacial score (nSPS) is 17.9. The third-order valence-corrected chi connectivity index (χ3v) is 4.16. The van der Waals surface area contributed by atoms with Gasteiger partial charge in [-0.1, -0.05) is 12.8 Å². The maximum absolute atomic E-state index is 12.8. The van der Waals surface area contributed by atoms with Crippen LogP contribution in [-0.4, -0.2) is 39.5 Å². The summed E-state index contributed by atoms with van der Waals surface area (Å²) in [6, 6.07) is 5.74. The van der Waals surface area contributed by atoms with Crippen molar-refractivity contribution >= 4 is 11.8 Å². The summed E-state index contributed by atoms with van der Waals surface area (Å²) in [5, 5.41) is 2.85. The average molecular weight is 327 g/mol. The van der Waals surface area contributed by atoms with Crippen LogP contribution in [0.1, 0.15) is 37.3 Å². The average Bonchev–Trinajstić information content (AvgIpc) is 2.88. The predicted octanol–water partition coefficient (Wildman–Crippen LogP) is 3.03. The number of rotatable bonds is 3. The number of ether oxygens (including phenoxy) is 1. The maximum Gasteiger partial charge on any atom is 0.323 e. The monoisotopic (exact) mass is 327 g/mol. The lowest BCUT2D eigenvalue weighted by molar-refractivity contribution is 0.189. The second kappa shape index (κ2) is 7.72. The fraction of sp³-hybridized carbons (Fsp3) is 0.412. The zero-order valence-corrected chi connectivity index (χ0v) is 13.7. The Hall–Kier alpha value is -2.70. The molecule has 2 aromatic heterocycles. The molecule has 0 bridgehead atoms. The van der Waals surface area contributed by atoms with Gasteiger partial charge in [-0.25, -0.2) is 9.78 Å². The molecule has 1 unspecified atom stereocenters. The molecule has 126 valence electrons. The van der Waals surface area contributed by atoms with Gasteiger partial charge in [-0.3, -0.25) is 10.3 Å². The number of anilines is 1. The van der Waals surface area contributed by atoms with Gasteiger partial charge in [-0.2, -0.15) is 4.98 Å². The Kier molecular flexibility index (Phi) is 5.20. The van der Waals surface area contributed by atoms with Crippen molar-refractivity contribution in [3.8, 4) is 6.01 Å². The fourth-order valence-electron chi connectivity index (χ4n) is 2.97. The van der Waals surface area contributed by atoms with Gasteiger partial charge in [-0.05, 0) is 36.6 Å². The van der Waals surface area contributed by atoms with Crippen molar-refractivity contribution in [2.75, 3.05) is 19.0 Å². The number of carbonyl (C=O) groups excluding carboxylic acids is 1. The van der Waals surface area contributed by atoms with Gasteiger partial charge in [0, 0.05) is 25.1 Å². The summed E-state index contributed by atoms with van der Waals surface area (Å²) in [6.45, 7) is 0.723. The SMILES string of the molecule is COc1nccc(NC(=O)N2CCCCCC2c2ccncc2)n1. The number of hydrogen-bond donors (Lipinski definition) is 1. The van der Waals surface area contributed by atoms with E-state index in [9.17, 15) is 4.79 Å². The topological polar surface area (TPSA) is 80.2 Å². The van der Waals surface area contributed by atoms with Crippen LogP contribution in [0.15, 0.2) is 36.8 Å². The molecule has 2 amide bonds. The van der Waals surface area contributed by atoms with Crippen LogP contribution in [0.25, 0.3) is 0 Å². The minimum atomic E-state index is -0.153. The number of amides is 2. The predicted molar refractivity (Wildman–Crippen MR) is 89.8 cm³/mol. The van der Waals surface area contributed by atoms with Crippen LogP contribution in [0, 0.1) is 0 Å². The van der Waals surface area contributed by atoms with Gasteiger partial charge >= 0.3 is 12.0 Å². The van der Waals surface area contributed by atoms with E-state index in [1.54, 1.807) is 24.7 Å². The smallest absolute Gasteiger partial charge is 0.323 e. The van der Waals surface area contributed by atoms with Gasteiger partial charge in [0.2, 0.25) is 0 Å². The molecule has 0 radical (unpaired) electrons. The zero-order valence-electron chi connectivity index (χ0n) is 13.7. The summed E-state index contributed by atoms with van der Waals surface area (Å²) < 4.78 is 5.00. The van der Waals surface area contributed by atoms with Crippen molar-refractivity contribution in [3.63, 3.8) is 0 Å². The Bertz CT molecular complexity index is 680. The molecule has 0 saturated carbocycles. The first-order valence-corrected chi connectivity index (χ1v) is 8.12. The highest BCUT2D eigenvalue weighted by Crippen LogP contribution is 2.30. The maximum atomic E-state index is 12.8. The van der Waals surface area contributed by atoms with E-state index in [0.29, 0.717) is 5.82 Å². The molecule has 1 aliphatic heterocycles. The molecule has 1 fully saturated rings. The molecule has 1 atom stereocenters. The molecule has 0 aromatic carbocycles. The van der Waals surface area contributed by atoms with Crippen LogP contribution in [0.2, 0.25) is 0 Å². The largest absolute Gasteiger partial charge is 0.467 e. The summed E-state index contributed by atoms with van der Waals surface area (Å²) in [4.78, 5) is 26.9. The number of urea groups is 1. The molecule has 0 spiro atoms. The molecule has 1 saturated heterocycles. The van der Waals surface area contributed by atoms with E-state index in [1.807, 2.05) is 17.0 Å². The van der Waals surface area contributed by atoms with Crippen molar-refractivity contribution in [2.45, 2.75) is 31.7 Å². The van der Waals surface area contributed by atoms with Crippen LogP contribution in [0.5, 0.6) is 6.01 Å². The molecule has 2 aromatic rings. The number of carbonyl (C=O) groups is 1. The number of hydrogen-bond acceptors (Lipinski definition) is 5. The lowest BCUT2D eigenvalue weighted by atomic mass is 10.0. The molecule has 7 heteroatoms. The summed E-state index contributed by atoms with van der Waals surface area (Å²) in [5.74, 6) is 0.435. The molecule has 1 aliphatic rings. The molecular formula is C17H21N5O2. The third-order valence-electron chi connectivity index (χ3n) is 4.16. The standard InChI is InChI=1S/C17H21N5O2/c1-24-16-19-11-8-15(20-16)21-17(23)22-12-4-2-3-5-14(22)13-6-9-18-10-7-13/h6-11,14H,2-5,12H2,1H3,(H,19,20,21,23). The van der Waals surface area contributed by atoms with E-state index in [0.717, 1.165) is 37.8 Å². The molecule has 7 nitrogen and oxygen atoms in total. The number of nitrogens with zero attached hydrogens (tertiary/aromatic N) is 4. The van der Waals surface area contributed by atoms with Crippen LogP contribution < -0.4 is 10.1 Å². The molecule has 0 aliphatic carbocycles. The minimum Gasteiger partial charge on any atom is -0.467 e. The van der Waals surface area contributed by atoms with E-state index in [-0.39, 0.29) is 18.1 Å². The van der Waals surface area contributed by atoms with Gasteiger partial charge in [0.1, 0.15) is 5.82 Å². The first-order valence-electron chi connectivity index (χ1n) is 8.12. The van der Waals surface area contributed by atoms with Crippen molar-refractivity contribution < 1.29 is 9.53 Å². The minimum absolute atomic E-state index is 0.0548. The van der Waals surface area contributed by atoms with E-state index >= 15 is 0 Å². The highest BCUT2D eigenvalue weighted by molar-refractivity contribution is 5.88. The number of likely N-dealkylation sites (tertiary alicyclic amines) is 1. The van der Waals surface area contributed by atoms with Crippen LogP contribution in [0.3, 0.4) is 0 Å². The summed E-state index contributed by atoms with van der Waals surface area (Å²) in [7, 11) is 1.50. The Balaban J connectivity index is 1.79. The number of aromatic nitrogens is 3. The second-order valence-electron chi connectivity index (χ2n) is 5.70. The van der Waals surface area contributed by atoms with Crippen LogP contribution in [-0.2, 0) is 0 Å². The van der Waals surface area contributed by atoms with E-state index in [4.69, 9.17) is 4.74 Å². The van der Waals surface area contributed by atoms with Crippen molar-refractivity contribution in [3.05, 3.63) is 42.4 Å². The molecular weight excluding hydrogens is 306 g/mol. The highest BCUT2D eigenvalue weighted by Gasteiger charge is 2.27. The van der Waals surface area contributed by atoms with E-state index < -0.39 is 0 Å². The number of methoxy groups -OCH3 is 1. The van der Waals surface area contributed by atoms with Gasteiger partial charge in [0.15, 0.2) is 0 Å². The van der Waals surface area contributed by atoms with Crippen molar-refractivity contribution in [2.24, 2.45) is 0 Å². The van der Waals surface area contributed by atoms with E-state index in [2.05, 4.69) is 20.3 Å². The molecule has 1 N–H and O–H groups in total. The first kappa shape index (κ1) is 16.2. The number of nitrogens with one attached hydrogen (secondary N) is 1. The molecule has 24 heavy (non-hydrogen) atoms. The van der Waals surface area contributed by atoms with E-state index in [1.165, 1.54) is 7.11 Å². The van der Waals surface area contributed by atoms with Gasteiger partial charge in [0.25, 0.3) is 0 Å². The third kappa shape index (κ3) is 3.79. The first-order chi connectivity index (χ1) is 11.8. The lowest BCUT2D eigenvalue weighted by Crippen LogP contribution is -2.38. The van der Waals surface area contributed by atoms with Crippen LogP contribution >= 0.6 is 0 Å². The lowest BCUT2D eigenvalue weighted by Gasteiger charge is -2.30. The fourth-order valence-corrected chi connectivity index (χ4v) is 2.97. The van der Waals surface area contributed by atoms with Gasteiger partial charge < -0.3 is 9.64 Å². The highest BCUT2D eigenvalue weighted by atomic mass is 16.5. The summed E-state index contributed by atoms with van der Waals surface area (Å²) in [6.07, 6.45) is 9.29. The second-order valence-corrected chi connectivity index (χ2v) is 5.70. The number of pyridine rings is 1. The summed E-state index contributed by atoms with van der Waals surface area (Å²) >= 11 is 0. The Morgan fingerprint density at radius 3 is 2.83 bits per heavy atom. The van der Waals surface area contributed by atoms with Crippen molar-refractivity contribution in [1.29, 1.82) is 0 Å². The Labute approximate surface area is 141 Å². The van der Waals surface area contributed by atoms with Crippen LogP contribution in [0.4, 0.5) is 10.6 Å². The van der Waals surface area contributed by atoms with Crippen molar-refractivity contribution in [1.82, 2.24) is 19.9 Å². The Morgan fingerprint density at radius 2 is 2.04 bits per heavy atom. The molecule has 3 heterocycles. The van der Waals surface area contributed by atoms with Gasteiger partial charge in [0.05, 0.1) is 13.2 Å². The zero-order chi connectivity index (χ0) is 16.8. The summed E-state index contributed by atoms with van der Waals surface area (Å²) in [5.41, 5.74) is 1.11. The van der Waals surface area contributed by atoms with Gasteiger partial charge in [-0.15, -0.1) is 0 Å². The quantitative estimate of drug-likeness (QED) is 0.937. The molecule has 3 rings (SSSR count). The Morgan fingerprint density at radius 1 is 1.21 bits per heavy atom.